The molecule has 0 bridgehead atoms. The molecule has 4 heteroatoms. The number of aromatic nitrogens is 1. The van der Waals surface area contributed by atoms with Gasteiger partial charge in [-0.1, -0.05) is 49.0 Å². The maximum absolute atomic E-state index is 5.87. The van der Waals surface area contributed by atoms with E-state index in [9.17, 15) is 0 Å². The Hall–Kier alpha value is -2.46. The van der Waals surface area contributed by atoms with E-state index in [4.69, 9.17) is 4.74 Å². The summed E-state index contributed by atoms with van der Waals surface area (Å²) in [6, 6.07) is 19.0. The van der Waals surface area contributed by atoms with Crippen LogP contribution in [0.2, 0.25) is 0 Å². The van der Waals surface area contributed by atoms with Crippen molar-refractivity contribution in [2.24, 2.45) is 0 Å². The minimum absolute atomic E-state index is 0.739. The highest BCUT2D eigenvalue weighted by atomic mass is 32.2. The van der Waals surface area contributed by atoms with Gasteiger partial charge in [-0.15, -0.1) is 0 Å². The monoisotopic (exact) mass is 393 g/mol. The fourth-order valence-electron chi connectivity index (χ4n) is 3.13. The molecule has 0 saturated carbocycles. The van der Waals surface area contributed by atoms with E-state index in [-0.39, 0.29) is 0 Å². The summed E-state index contributed by atoms with van der Waals surface area (Å²) >= 11 is 1.81. The Morgan fingerprint density at radius 1 is 0.964 bits per heavy atom. The van der Waals surface area contributed by atoms with Crippen LogP contribution in [0.4, 0.5) is 5.69 Å². The maximum Gasteiger partial charge on any atom is 0.184 e. The lowest BCUT2D eigenvalue weighted by atomic mass is 10.0. The fraction of sp³-hybridized carbons (Fsp3) is 0.292. The largest absolute Gasteiger partial charge is 0.494 e. The van der Waals surface area contributed by atoms with Crippen molar-refractivity contribution in [3.8, 4) is 16.9 Å². The van der Waals surface area contributed by atoms with Crippen LogP contribution in [0.25, 0.3) is 11.1 Å². The molecule has 1 aromatic heterocycles. The van der Waals surface area contributed by atoms with Crippen LogP contribution in [0.15, 0.2) is 76.8 Å². The van der Waals surface area contributed by atoms with E-state index < -0.39 is 0 Å². The molecule has 0 radical (unpaired) electrons. The number of benzene rings is 2. The minimum Gasteiger partial charge on any atom is -0.494 e. The molecule has 28 heavy (non-hydrogen) atoms. The van der Waals surface area contributed by atoms with Gasteiger partial charge in [0.1, 0.15) is 17.2 Å². The minimum atomic E-state index is 0.739. The molecule has 0 aliphatic carbocycles. The smallest absolute Gasteiger partial charge is 0.184 e. The Balaban J connectivity index is 2.10. The zero-order valence-electron chi connectivity index (χ0n) is 17.2. The van der Waals surface area contributed by atoms with Gasteiger partial charge in [0.25, 0.3) is 0 Å². The molecule has 0 atom stereocenters. The molecule has 3 aromatic rings. The third-order valence-electron chi connectivity index (χ3n) is 4.47. The standard InChI is InChI=1S/C24H29N2OS/c1-5-15-27-20-12-10-11-19(16-20)22-17-26(6-2)18-23(24(22)25(3)4)28-21-13-8-7-9-14-21/h7-14,16-18H,5-6,15H2,1-4H3/q+1. The van der Waals surface area contributed by atoms with Crippen LogP contribution in [0.1, 0.15) is 20.3 Å². The van der Waals surface area contributed by atoms with Crippen molar-refractivity contribution in [1.82, 2.24) is 0 Å². The van der Waals surface area contributed by atoms with E-state index in [1.807, 2.05) is 6.07 Å². The molecule has 146 valence electrons. The molecule has 0 aliphatic heterocycles. The van der Waals surface area contributed by atoms with E-state index >= 15 is 0 Å². The van der Waals surface area contributed by atoms with Crippen molar-refractivity contribution < 1.29 is 9.30 Å². The summed E-state index contributed by atoms with van der Waals surface area (Å²) in [5, 5.41) is 0. The average Bonchev–Trinajstić information content (AvgIpc) is 2.72. The highest BCUT2D eigenvalue weighted by molar-refractivity contribution is 7.99. The number of pyridine rings is 1. The van der Waals surface area contributed by atoms with Crippen LogP contribution in [-0.4, -0.2) is 20.7 Å². The molecule has 3 nitrogen and oxygen atoms in total. The Morgan fingerprint density at radius 2 is 1.75 bits per heavy atom. The molecule has 0 fully saturated rings. The molecule has 1 heterocycles. The van der Waals surface area contributed by atoms with E-state index in [2.05, 4.69) is 98.3 Å². The average molecular weight is 394 g/mol. The second-order valence-corrected chi connectivity index (χ2v) is 8.02. The number of rotatable bonds is 8. The van der Waals surface area contributed by atoms with Gasteiger partial charge in [-0.05, 0) is 43.2 Å². The lowest BCUT2D eigenvalue weighted by Gasteiger charge is -2.20. The van der Waals surface area contributed by atoms with Gasteiger partial charge in [0.2, 0.25) is 0 Å². The SMILES string of the molecule is CCCOc1cccc(-c2c[n+](CC)cc(Sc3ccccc3)c2N(C)C)c1. The second kappa shape index (κ2) is 9.65. The van der Waals surface area contributed by atoms with Gasteiger partial charge < -0.3 is 9.64 Å². The first-order chi connectivity index (χ1) is 13.6. The van der Waals surface area contributed by atoms with Crippen LogP contribution in [0.3, 0.4) is 0 Å². The Morgan fingerprint density at radius 3 is 2.43 bits per heavy atom. The van der Waals surface area contributed by atoms with Crippen LogP contribution < -0.4 is 14.2 Å². The zero-order chi connectivity index (χ0) is 19.9. The highest BCUT2D eigenvalue weighted by Gasteiger charge is 2.20. The second-order valence-electron chi connectivity index (χ2n) is 6.90. The first-order valence-corrected chi connectivity index (χ1v) is 10.6. The molecular formula is C24H29N2OS+. The predicted molar refractivity (Wildman–Crippen MR) is 118 cm³/mol. The normalized spacial score (nSPS) is 10.7. The third kappa shape index (κ3) is 4.87. The van der Waals surface area contributed by atoms with Gasteiger partial charge in [0, 0.05) is 19.0 Å². The number of anilines is 1. The molecule has 3 rings (SSSR count). The summed E-state index contributed by atoms with van der Waals surface area (Å²) < 4.78 is 8.13. The van der Waals surface area contributed by atoms with Crippen molar-refractivity contribution in [3.05, 3.63) is 67.0 Å². The number of nitrogens with zero attached hydrogens (tertiary/aromatic N) is 2. The van der Waals surface area contributed by atoms with Crippen molar-refractivity contribution in [1.29, 1.82) is 0 Å². The lowest BCUT2D eigenvalue weighted by Crippen LogP contribution is -2.33. The van der Waals surface area contributed by atoms with Gasteiger partial charge in [0.05, 0.1) is 17.9 Å². The number of hydrogen-bond donors (Lipinski definition) is 0. The molecule has 0 aliphatic rings. The first kappa shape index (κ1) is 20.3. The van der Waals surface area contributed by atoms with Gasteiger partial charge in [-0.2, -0.15) is 0 Å². The number of hydrogen-bond acceptors (Lipinski definition) is 3. The lowest BCUT2D eigenvalue weighted by molar-refractivity contribution is -0.694. The summed E-state index contributed by atoms with van der Waals surface area (Å²) in [4.78, 5) is 4.70. The molecule has 0 saturated heterocycles. The summed E-state index contributed by atoms with van der Waals surface area (Å²) in [6.07, 6.45) is 5.49. The fourth-order valence-corrected chi connectivity index (χ4v) is 4.25. The van der Waals surface area contributed by atoms with Crippen LogP contribution in [0.5, 0.6) is 5.75 Å². The van der Waals surface area contributed by atoms with Crippen LogP contribution in [-0.2, 0) is 6.54 Å². The Kier molecular flexibility index (Phi) is 6.99. The maximum atomic E-state index is 5.87. The number of aryl methyl sites for hydroxylation is 1. The van der Waals surface area contributed by atoms with Crippen molar-refractivity contribution >= 4 is 17.4 Å². The summed E-state index contributed by atoms with van der Waals surface area (Å²) in [6.45, 7) is 5.97. The van der Waals surface area contributed by atoms with Crippen LogP contribution >= 0.6 is 11.8 Å². The Bertz CT molecular complexity index is 910. The molecular weight excluding hydrogens is 364 g/mol. The van der Waals surface area contributed by atoms with E-state index in [1.165, 1.54) is 26.6 Å². The zero-order valence-corrected chi connectivity index (χ0v) is 18.0. The van der Waals surface area contributed by atoms with Crippen LogP contribution in [0, 0.1) is 0 Å². The molecule has 0 unspecified atom stereocenters. The van der Waals surface area contributed by atoms with Gasteiger partial charge in [-0.3, -0.25) is 0 Å². The van der Waals surface area contributed by atoms with Crippen molar-refractivity contribution in [2.45, 2.75) is 36.6 Å². The van der Waals surface area contributed by atoms with E-state index in [0.29, 0.717) is 0 Å². The summed E-state index contributed by atoms with van der Waals surface area (Å²) in [5.41, 5.74) is 3.62. The first-order valence-electron chi connectivity index (χ1n) is 9.83. The molecule has 0 amide bonds. The van der Waals surface area contributed by atoms with Crippen molar-refractivity contribution in [3.63, 3.8) is 0 Å². The third-order valence-corrected chi connectivity index (χ3v) is 5.49. The molecule has 0 N–H and O–H groups in total. The quantitative estimate of drug-likeness (QED) is 0.459. The topological polar surface area (TPSA) is 16.4 Å². The van der Waals surface area contributed by atoms with E-state index in [1.54, 1.807) is 11.8 Å². The van der Waals surface area contributed by atoms with Crippen molar-refractivity contribution in [2.75, 3.05) is 25.6 Å². The highest BCUT2D eigenvalue weighted by Crippen LogP contribution is 2.40. The summed E-state index contributed by atoms with van der Waals surface area (Å²) in [5.74, 6) is 0.924. The predicted octanol–water partition coefficient (Wildman–Crippen LogP) is 5.67. The number of ether oxygens (including phenoxy) is 1. The molecule has 2 aromatic carbocycles. The van der Waals surface area contributed by atoms with E-state index in [0.717, 1.165) is 25.3 Å². The summed E-state index contributed by atoms with van der Waals surface area (Å²) in [7, 11) is 4.23. The Labute approximate surface area is 173 Å². The van der Waals surface area contributed by atoms with Gasteiger partial charge >= 0.3 is 0 Å². The van der Waals surface area contributed by atoms with Gasteiger partial charge in [0.15, 0.2) is 12.4 Å². The van der Waals surface area contributed by atoms with Gasteiger partial charge in [-0.25, -0.2) is 4.57 Å². The molecule has 0 spiro atoms.